The molecule has 0 aromatic carbocycles. The van der Waals surface area contributed by atoms with Gasteiger partial charge in [0.25, 0.3) is 0 Å². The largest absolute Gasteiger partial charge is 0.309 e. The number of nitrogens with one attached hydrogen (secondary N) is 1. The van der Waals surface area contributed by atoms with Crippen molar-refractivity contribution in [1.29, 1.82) is 0 Å². The molecule has 1 spiro atoms. The fourth-order valence-electron chi connectivity index (χ4n) is 3.75. The van der Waals surface area contributed by atoms with Gasteiger partial charge in [-0.3, -0.25) is 0 Å². The Hall–Kier alpha value is 0.140. The van der Waals surface area contributed by atoms with Crippen LogP contribution in [0.15, 0.2) is 15.9 Å². The van der Waals surface area contributed by atoms with Gasteiger partial charge >= 0.3 is 0 Å². The van der Waals surface area contributed by atoms with Gasteiger partial charge in [-0.05, 0) is 71.3 Å². The fourth-order valence-corrected chi connectivity index (χ4v) is 5.19. The highest BCUT2D eigenvalue weighted by molar-refractivity contribution is 9.10. The molecule has 3 rings (SSSR count). The molecule has 1 nitrogen and oxygen atoms in total. The van der Waals surface area contributed by atoms with E-state index in [0.717, 1.165) is 18.0 Å². The van der Waals surface area contributed by atoms with E-state index >= 15 is 0 Å². The molecule has 18 heavy (non-hydrogen) atoms. The summed E-state index contributed by atoms with van der Waals surface area (Å²) < 4.78 is 1.27. The molecule has 0 bridgehead atoms. The predicted octanol–water partition coefficient (Wildman–Crippen LogP) is 5.10. The maximum atomic E-state index is 3.75. The van der Waals surface area contributed by atoms with Gasteiger partial charge in [0.2, 0.25) is 0 Å². The Morgan fingerprint density at radius 3 is 2.56 bits per heavy atom. The van der Waals surface area contributed by atoms with Crippen molar-refractivity contribution in [2.45, 2.75) is 64.0 Å². The van der Waals surface area contributed by atoms with E-state index in [1.165, 1.54) is 60.7 Å². The first-order valence-corrected chi connectivity index (χ1v) is 8.90. The van der Waals surface area contributed by atoms with Crippen LogP contribution in [0.25, 0.3) is 0 Å². The van der Waals surface area contributed by atoms with Crippen LogP contribution in [0.1, 0.15) is 56.2 Å². The van der Waals surface area contributed by atoms with Crippen LogP contribution >= 0.6 is 27.3 Å². The van der Waals surface area contributed by atoms with Gasteiger partial charge in [-0.2, -0.15) is 0 Å². The molecule has 2 saturated carbocycles. The summed E-state index contributed by atoms with van der Waals surface area (Å²) in [5.41, 5.74) is 0.766. The minimum absolute atomic E-state index is 0.755. The zero-order valence-corrected chi connectivity index (χ0v) is 13.3. The molecule has 1 heterocycles. The number of thiophene rings is 1. The highest BCUT2D eigenvalue weighted by Gasteiger charge is 2.37. The molecular weight excluding hydrogens is 306 g/mol. The van der Waals surface area contributed by atoms with Gasteiger partial charge in [-0.15, -0.1) is 11.3 Å². The Bertz CT molecular complexity index is 385. The lowest BCUT2D eigenvalue weighted by molar-refractivity contribution is 0.168. The molecule has 1 N–H and O–H groups in total. The van der Waals surface area contributed by atoms with Crippen LogP contribution in [0.2, 0.25) is 0 Å². The van der Waals surface area contributed by atoms with Crippen LogP contribution < -0.4 is 5.32 Å². The highest BCUT2D eigenvalue weighted by atomic mass is 79.9. The Balaban J connectivity index is 1.47. The first-order valence-electron chi connectivity index (χ1n) is 7.23. The molecule has 0 amide bonds. The van der Waals surface area contributed by atoms with Gasteiger partial charge in [0, 0.05) is 21.9 Å². The van der Waals surface area contributed by atoms with E-state index < -0.39 is 0 Å². The van der Waals surface area contributed by atoms with Crippen molar-refractivity contribution < 1.29 is 0 Å². The number of rotatable bonds is 3. The third-order valence-corrected chi connectivity index (χ3v) is 6.88. The van der Waals surface area contributed by atoms with Crippen LogP contribution in [-0.4, -0.2) is 6.04 Å². The van der Waals surface area contributed by atoms with Crippen LogP contribution in [0.5, 0.6) is 0 Å². The van der Waals surface area contributed by atoms with Gasteiger partial charge in [-0.1, -0.05) is 12.8 Å². The van der Waals surface area contributed by atoms with Gasteiger partial charge in [0.15, 0.2) is 0 Å². The summed E-state index contributed by atoms with van der Waals surface area (Å²) in [7, 11) is 0. The lowest BCUT2D eigenvalue weighted by atomic mass is 9.71. The third kappa shape index (κ3) is 2.83. The summed E-state index contributed by atoms with van der Waals surface area (Å²) in [6, 6.07) is 2.90. The second-order valence-electron chi connectivity index (χ2n) is 6.05. The standard InChI is InChI=1S/C15H22BrNS/c16-13-5-10-18-14(13)11-17-12-3-8-15(9-4-12)6-1-2-7-15/h5,10,12,17H,1-4,6-9,11H2. The van der Waals surface area contributed by atoms with Crippen LogP contribution in [0.3, 0.4) is 0 Å². The van der Waals surface area contributed by atoms with Crippen molar-refractivity contribution in [3.05, 3.63) is 20.8 Å². The van der Waals surface area contributed by atoms with Crippen molar-refractivity contribution in [3.63, 3.8) is 0 Å². The molecule has 2 fully saturated rings. The van der Waals surface area contributed by atoms with E-state index in [4.69, 9.17) is 0 Å². The normalized spacial score (nSPS) is 23.8. The quantitative estimate of drug-likeness (QED) is 0.814. The lowest BCUT2D eigenvalue weighted by Gasteiger charge is -2.37. The molecule has 2 aliphatic rings. The average Bonchev–Trinajstić information content (AvgIpc) is 2.99. The summed E-state index contributed by atoms with van der Waals surface area (Å²) >= 11 is 5.46. The second kappa shape index (κ2) is 5.64. The molecule has 1 aromatic rings. The Labute approximate surface area is 122 Å². The summed E-state index contributed by atoms with van der Waals surface area (Å²) in [5.74, 6) is 0. The van der Waals surface area contributed by atoms with E-state index in [9.17, 15) is 0 Å². The van der Waals surface area contributed by atoms with Crippen molar-refractivity contribution in [1.82, 2.24) is 5.32 Å². The predicted molar refractivity (Wildman–Crippen MR) is 82.0 cm³/mol. The highest BCUT2D eigenvalue weighted by Crippen LogP contribution is 2.48. The van der Waals surface area contributed by atoms with Crippen molar-refractivity contribution in [2.75, 3.05) is 0 Å². The van der Waals surface area contributed by atoms with Crippen LogP contribution in [0.4, 0.5) is 0 Å². The first-order chi connectivity index (χ1) is 8.77. The Morgan fingerprint density at radius 1 is 1.22 bits per heavy atom. The van der Waals surface area contributed by atoms with E-state index in [1.54, 1.807) is 0 Å². The minimum Gasteiger partial charge on any atom is -0.309 e. The maximum Gasteiger partial charge on any atom is 0.0327 e. The van der Waals surface area contributed by atoms with E-state index in [-0.39, 0.29) is 0 Å². The molecule has 0 radical (unpaired) electrons. The number of halogens is 1. The fraction of sp³-hybridized carbons (Fsp3) is 0.733. The first kappa shape index (κ1) is 13.1. The second-order valence-corrected chi connectivity index (χ2v) is 7.91. The SMILES string of the molecule is Brc1ccsc1CNC1CCC2(CCCC2)CC1. The zero-order chi connectivity index (χ0) is 12.4. The van der Waals surface area contributed by atoms with E-state index in [2.05, 4.69) is 32.7 Å². The molecule has 3 heteroatoms. The zero-order valence-electron chi connectivity index (χ0n) is 10.9. The average molecular weight is 328 g/mol. The summed E-state index contributed by atoms with van der Waals surface area (Å²) in [6.45, 7) is 1.04. The van der Waals surface area contributed by atoms with Gasteiger partial charge < -0.3 is 5.32 Å². The molecular formula is C15H22BrNS. The van der Waals surface area contributed by atoms with E-state index in [1.807, 2.05) is 11.3 Å². The van der Waals surface area contributed by atoms with Gasteiger partial charge in [-0.25, -0.2) is 0 Å². The van der Waals surface area contributed by atoms with Crippen molar-refractivity contribution in [3.8, 4) is 0 Å². The minimum atomic E-state index is 0.755. The summed E-state index contributed by atoms with van der Waals surface area (Å²) in [4.78, 5) is 1.44. The maximum absolute atomic E-state index is 3.75. The molecule has 100 valence electrons. The van der Waals surface area contributed by atoms with E-state index in [0.29, 0.717) is 0 Å². The monoisotopic (exact) mass is 327 g/mol. The van der Waals surface area contributed by atoms with Gasteiger partial charge in [0.05, 0.1) is 0 Å². The molecule has 2 aliphatic carbocycles. The molecule has 0 aliphatic heterocycles. The van der Waals surface area contributed by atoms with Crippen molar-refractivity contribution in [2.24, 2.45) is 5.41 Å². The molecule has 1 aromatic heterocycles. The Morgan fingerprint density at radius 2 is 1.94 bits per heavy atom. The smallest absolute Gasteiger partial charge is 0.0327 e. The lowest BCUT2D eigenvalue weighted by Crippen LogP contribution is -2.36. The number of hydrogen-bond acceptors (Lipinski definition) is 2. The van der Waals surface area contributed by atoms with Crippen molar-refractivity contribution >= 4 is 27.3 Å². The van der Waals surface area contributed by atoms with Crippen LogP contribution in [0, 0.1) is 5.41 Å². The topological polar surface area (TPSA) is 12.0 Å². The molecule has 0 unspecified atom stereocenters. The van der Waals surface area contributed by atoms with Gasteiger partial charge in [0.1, 0.15) is 0 Å². The Kier molecular flexibility index (Phi) is 4.12. The summed E-state index contributed by atoms with van der Waals surface area (Å²) in [5, 5.41) is 5.91. The molecule has 0 saturated heterocycles. The third-order valence-electron chi connectivity index (χ3n) is 4.95. The molecule has 0 atom stereocenters. The number of hydrogen-bond donors (Lipinski definition) is 1. The van der Waals surface area contributed by atoms with Crippen LogP contribution in [-0.2, 0) is 6.54 Å². The summed E-state index contributed by atoms with van der Waals surface area (Å²) in [6.07, 6.45) is 11.7.